The highest BCUT2D eigenvalue weighted by atomic mass is 16.8. The number of likely N-dealkylation sites (tertiary alicyclic amines) is 1. The fourth-order valence-corrected chi connectivity index (χ4v) is 15.6. The number of ketones is 2. The Bertz CT molecular complexity index is 3590. The maximum atomic E-state index is 14.3. The molecule has 1 amide bonds. The lowest BCUT2D eigenvalue weighted by Gasteiger charge is -2.49. The molecule has 5 aromatic carbocycles. The Labute approximate surface area is 644 Å². The van der Waals surface area contributed by atoms with E-state index in [1.807, 2.05) is 119 Å². The maximum Gasteiger partial charge on any atom is 0.338 e. The molecule has 9 rings (SSSR count). The summed E-state index contributed by atoms with van der Waals surface area (Å²) < 4.78 is 83.5. The minimum atomic E-state index is -1.14. The molecule has 21 heteroatoms. The molecule has 21 nitrogen and oxygen atoms in total. The van der Waals surface area contributed by atoms with Crippen LogP contribution in [0.1, 0.15) is 215 Å². The number of nitrogens with zero attached hydrogens (tertiary/aromatic N) is 1. The van der Waals surface area contributed by atoms with Crippen LogP contribution in [0.25, 0.3) is 0 Å². The van der Waals surface area contributed by atoms with Gasteiger partial charge in [-0.25, -0.2) is 9.59 Å². The van der Waals surface area contributed by atoms with Gasteiger partial charge in [0.05, 0.1) is 75.9 Å². The second-order valence-electron chi connectivity index (χ2n) is 30.0. The molecular weight excluding hydrogens is 1390 g/mol. The van der Waals surface area contributed by atoms with Gasteiger partial charge < -0.3 is 71.3 Å². The van der Waals surface area contributed by atoms with Gasteiger partial charge in [-0.2, -0.15) is 0 Å². The van der Waals surface area contributed by atoms with E-state index in [1.165, 1.54) is 13.8 Å². The quantitative estimate of drug-likeness (QED) is 0.0153. The van der Waals surface area contributed by atoms with Crippen molar-refractivity contribution in [1.82, 2.24) is 4.90 Å². The van der Waals surface area contributed by atoms with Gasteiger partial charge in [-0.3, -0.25) is 19.2 Å². The van der Waals surface area contributed by atoms with Crippen LogP contribution in [0.5, 0.6) is 11.5 Å². The van der Waals surface area contributed by atoms with E-state index >= 15 is 0 Å². The number of esters is 4. The van der Waals surface area contributed by atoms with E-state index in [4.69, 9.17) is 61.6 Å². The Morgan fingerprint density at radius 1 is 0.450 bits per heavy atom. The standard InChI is InChI=1S/C88H117NO20/c1-12-74-58(4)60(6)80(107-83(95)64-33-23-20-24-34-64)85(104-74)100-56-76-62(8)79(109-87-81(61(7)59(5)75(13-2)105-87)108-84(96)65-35-25-21-26-36-65)82(102-63(9)91)86(106-76)99-52-32-19-15-14-16-29-39-70(92)40-30-17-18-31-41-77(93)89-54-73(103-78(94)51-42-57(3)90)53-69(89)55-101-88(66-37-27-22-28-38-66,67-43-47-71(97-10)48-44-67)68-45-49-72(98-11)50-46-68/h20-28,33-38,43-50,58-62,69,73-76,79-82,85-87H,12-19,29-32,39-42,51-56H2,1-11H3/t58?,59?,60?,61?,62?,69-,73+,74?,75?,76?,79?,80?,81?,82?,85?,86?,87?/m0/s1. The van der Waals surface area contributed by atoms with Crippen LogP contribution in [0.2, 0.25) is 0 Å². The molecule has 0 radical (unpaired) electrons. The van der Waals surface area contributed by atoms with E-state index in [1.54, 1.807) is 67.7 Å². The molecule has 0 N–H and O–H groups in total. The second kappa shape index (κ2) is 42.5. The molecule has 4 aliphatic heterocycles. The number of unbranched alkanes of at least 4 members (excludes halogenated alkanes) is 8. The lowest BCUT2D eigenvalue weighted by molar-refractivity contribution is -0.349. The van der Waals surface area contributed by atoms with E-state index in [0.29, 0.717) is 67.6 Å². The van der Waals surface area contributed by atoms with E-state index in [-0.39, 0.29) is 99.0 Å². The van der Waals surface area contributed by atoms with Crippen LogP contribution in [0.3, 0.4) is 0 Å². The third-order valence-electron chi connectivity index (χ3n) is 22.4. The molecule has 0 saturated carbocycles. The van der Waals surface area contributed by atoms with Crippen molar-refractivity contribution in [2.45, 2.75) is 257 Å². The number of rotatable bonds is 41. The van der Waals surface area contributed by atoms with E-state index in [0.717, 1.165) is 68.1 Å². The molecule has 4 aliphatic rings. The normalized spacial score (nSPS) is 26.2. The molecule has 4 saturated heterocycles. The van der Waals surface area contributed by atoms with Gasteiger partial charge in [-0.1, -0.05) is 178 Å². The number of carbonyl (C=O) groups excluding carboxylic acids is 7. The number of ether oxygens (including phenoxy) is 13. The number of amides is 1. The summed E-state index contributed by atoms with van der Waals surface area (Å²) in [7, 11) is 3.24. The molecule has 4 heterocycles. The molecular formula is C88H117NO20. The van der Waals surface area contributed by atoms with E-state index in [2.05, 4.69) is 20.8 Å². The SMILES string of the molecule is CCC1OC(OCC2OC(OCCCCCCCCC(=O)CCCCCCC(=O)N3C[C@H](OC(=O)CCC(C)=O)C[C@H]3COC(c3ccccc3)(c3ccc(OC)cc3)c3ccc(OC)cc3)C(OC(C)=O)C(OC3OC(CC)C(C)C(C)C3OC(=O)c3ccccc3)C2C)C(OC(=O)c2ccccc2)C(C)C1C. The van der Waals surface area contributed by atoms with Gasteiger partial charge in [-0.15, -0.1) is 0 Å². The summed E-state index contributed by atoms with van der Waals surface area (Å²) in [5.74, 6) is -1.50. The highest BCUT2D eigenvalue weighted by molar-refractivity contribution is 5.90. The highest BCUT2D eigenvalue weighted by Gasteiger charge is 2.53. The van der Waals surface area contributed by atoms with Crippen LogP contribution in [0, 0.1) is 29.6 Å². The zero-order chi connectivity index (χ0) is 78.0. The Morgan fingerprint density at radius 3 is 1.43 bits per heavy atom. The molecule has 0 spiro atoms. The molecule has 17 atom stereocenters. The second-order valence-corrected chi connectivity index (χ2v) is 30.0. The van der Waals surface area contributed by atoms with Crippen LogP contribution >= 0.6 is 0 Å². The first-order valence-electron chi connectivity index (χ1n) is 39.7. The van der Waals surface area contributed by atoms with Crippen molar-refractivity contribution in [2.24, 2.45) is 29.6 Å². The summed E-state index contributed by atoms with van der Waals surface area (Å²) >= 11 is 0. The summed E-state index contributed by atoms with van der Waals surface area (Å²) in [5, 5.41) is 0. The number of carbonyl (C=O) groups is 7. The molecule has 0 aromatic heterocycles. The summed E-state index contributed by atoms with van der Waals surface area (Å²) in [4.78, 5) is 94.8. The van der Waals surface area contributed by atoms with Crippen molar-refractivity contribution in [3.05, 3.63) is 167 Å². The topological polar surface area (TPSA) is 243 Å². The van der Waals surface area contributed by atoms with Crippen molar-refractivity contribution in [3.8, 4) is 11.5 Å². The molecule has 0 aliphatic carbocycles. The fourth-order valence-electron chi connectivity index (χ4n) is 15.6. The van der Waals surface area contributed by atoms with Gasteiger partial charge in [0.15, 0.2) is 37.2 Å². The smallest absolute Gasteiger partial charge is 0.338 e. The fraction of sp³-hybridized carbons (Fsp3) is 0.580. The van der Waals surface area contributed by atoms with Gasteiger partial charge in [0.25, 0.3) is 0 Å². The molecule has 594 valence electrons. The van der Waals surface area contributed by atoms with Crippen LogP contribution in [0.15, 0.2) is 140 Å². The first-order chi connectivity index (χ1) is 52.7. The Morgan fingerprint density at radius 2 is 0.917 bits per heavy atom. The Kier molecular flexibility index (Phi) is 33.2. The van der Waals surface area contributed by atoms with Crippen molar-refractivity contribution < 1.29 is 95.1 Å². The minimum Gasteiger partial charge on any atom is -0.497 e. The third-order valence-corrected chi connectivity index (χ3v) is 22.4. The number of methoxy groups -OCH3 is 2. The van der Waals surface area contributed by atoms with Crippen molar-refractivity contribution in [1.29, 1.82) is 0 Å². The number of benzene rings is 5. The molecule has 5 aromatic rings. The highest BCUT2D eigenvalue weighted by Crippen LogP contribution is 2.45. The largest absolute Gasteiger partial charge is 0.497 e. The predicted octanol–water partition coefficient (Wildman–Crippen LogP) is 15.5. The summed E-state index contributed by atoms with van der Waals surface area (Å²) in [6.45, 7) is 17.5. The van der Waals surface area contributed by atoms with Crippen LogP contribution in [-0.4, -0.2) is 161 Å². The summed E-state index contributed by atoms with van der Waals surface area (Å²) in [6.07, 6.45) is 2.37. The zero-order valence-corrected chi connectivity index (χ0v) is 65.8. The van der Waals surface area contributed by atoms with Gasteiger partial charge in [0.1, 0.15) is 40.9 Å². The van der Waals surface area contributed by atoms with Crippen molar-refractivity contribution >= 4 is 41.4 Å². The van der Waals surface area contributed by atoms with Gasteiger partial charge in [0, 0.05) is 63.4 Å². The van der Waals surface area contributed by atoms with E-state index in [9.17, 15) is 33.6 Å². The van der Waals surface area contributed by atoms with Gasteiger partial charge in [0.2, 0.25) is 5.91 Å². The van der Waals surface area contributed by atoms with E-state index < -0.39 is 96.9 Å². The Hall–Kier alpha value is -7.89. The number of Topliss-reactive ketones (excluding diaryl/α,β-unsaturated/α-hetero) is 2. The van der Waals surface area contributed by atoms with Crippen LogP contribution < -0.4 is 9.47 Å². The van der Waals surface area contributed by atoms with Gasteiger partial charge in [-0.05, 0) is 123 Å². The number of hydrogen-bond donors (Lipinski definition) is 0. The zero-order valence-electron chi connectivity index (χ0n) is 65.8. The van der Waals surface area contributed by atoms with Crippen LogP contribution in [-0.2, 0) is 81.7 Å². The Balaban J connectivity index is 0.767. The third kappa shape index (κ3) is 23.4. The summed E-state index contributed by atoms with van der Waals surface area (Å²) in [5.41, 5.74) is 2.20. The average Bonchev–Trinajstić information content (AvgIpc) is 1.24. The minimum absolute atomic E-state index is 0.00321. The molecule has 109 heavy (non-hydrogen) atoms. The lowest BCUT2D eigenvalue weighted by Crippen LogP contribution is -2.61. The monoisotopic (exact) mass is 1510 g/mol. The molecule has 15 unspecified atom stereocenters. The van der Waals surface area contributed by atoms with Crippen molar-refractivity contribution in [3.63, 3.8) is 0 Å². The van der Waals surface area contributed by atoms with Crippen molar-refractivity contribution in [2.75, 3.05) is 40.6 Å². The van der Waals surface area contributed by atoms with Gasteiger partial charge >= 0.3 is 23.9 Å². The molecule has 0 bridgehead atoms. The number of hydrogen-bond acceptors (Lipinski definition) is 20. The van der Waals surface area contributed by atoms with Crippen LogP contribution in [0.4, 0.5) is 0 Å². The maximum absolute atomic E-state index is 14.3. The predicted molar refractivity (Wildman–Crippen MR) is 409 cm³/mol. The lowest BCUT2D eigenvalue weighted by atomic mass is 9.80. The average molecular weight is 1510 g/mol. The molecule has 4 fully saturated rings. The summed E-state index contributed by atoms with van der Waals surface area (Å²) in [6, 6.07) is 42.6. The first kappa shape index (κ1) is 85.1. The first-order valence-corrected chi connectivity index (χ1v) is 39.7.